The second-order valence-electron chi connectivity index (χ2n) is 9.37. The number of aromatic nitrogens is 3. The van der Waals surface area contributed by atoms with Gasteiger partial charge in [-0.3, -0.25) is 4.79 Å². The van der Waals surface area contributed by atoms with Crippen LogP contribution < -0.4 is 4.90 Å². The maximum atomic E-state index is 12.1. The Morgan fingerprint density at radius 3 is 2.91 bits per heavy atom. The molecular weight excluding hydrogens is 406 g/mol. The number of ether oxygens (including phenoxy) is 1. The van der Waals surface area contributed by atoms with E-state index in [1.54, 1.807) is 13.1 Å². The Bertz CT molecular complexity index is 1210. The molecule has 5 heterocycles. The average molecular weight is 434 g/mol. The van der Waals surface area contributed by atoms with E-state index in [1.807, 2.05) is 30.1 Å². The molecule has 1 N–H and O–H groups in total. The van der Waals surface area contributed by atoms with Crippen LogP contribution in [0.5, 0.6) is 0 Å². The Hall–Kier alpha value is -2.97. The van der Waals surface area contributed by atoms with E-state index < -0.39 is 5.60 Å². The van der Waals surface area contributed by atoms with E-state index in [0.717, 1.165) is 22.2 Å². The molecule has 4 atom stereocenters. The summed E-state index contributed by atoms with van der Waals surface area (Å²) >= 11 is 0. The number of anilines is 1. The normalized spacial score (nSPS) is 29.0. The fourth-order valence-corrected chi connectivity index (χ4v) is 6.02. The van der Waals surface area contributed by atoms with Gasteiger partial charge in [-0.05, 0) is 12.1 Å². The number of carbonyl (C=O) groups is 1. The number of hydrogen-bond donors (Lipinski definition) is 1. The van der Waals surface area contributed by atoms with Gasteiger partial charge in [-0.2, -0.15) is 0 Å². The summed E-state index contributed by atoms with van der Waals surface area (Å²) in [6.07, 6.45) is 3.81. The summed E-state index contributed by atoms with van der Waals surface area (Å²) in [5.74, 6) is 0.885. The van der Waals surface area contributed by atoms with Gasteiger partial charge >= 0.3 is 0 Å². The first-order valence-corrected chi connectivity index (χ1v) is 11.2. The zero-order valence-corrected chi connectivity index (χ0v) is 18.3. The number of aliphatic hydroxyl groups is 1. The number of nitrogens with zero attached hydrogens (tertiary/aromatic N) is 5. The van der Waals surface area contributed by atoms with Crippen LogP contribution >= 0.6 is 0 Å². The molecule has 3 aliphatic heterocycles. The third-order valence-electron chi connectivity index (χ3n) is 7.55. The van der Waals surface area contributed by atoms with Gasteiger partial charge < -0.3 is 24.2 Å². The Labute approximate surface area is 186 Å². The standard InChI is InChI=1S/C24H27N5O3/c1-15(31)28-11-22-18(12-30)19-10-29(14-24(19,13-28)32-22)23-25-8-7-20(26-23)17-9-27(2)21-6-4-3-5-16(17)21/h3-9,18-19,22,30H,10-14H2,1-2H3/t18-,19+,22+,24+/m0/s1. The van der Waals surface area contributed by atoms with Crippen LogP contribution in [0.15, 0.2) is 42.7 Å². The van der Waals surface area contributed by atoms with E-state index in [0.29, 0.717) is 32.1 Å². The predicted octanol–water partition coefficient (Wildman–Crippen LogP) is 1.68. The molecule has 3 aliphatic rings. The van der Waals surface area contributed by atoms with E-state index >= 15 is 0 Å². The largest absolute Gasteiger partial charge is 0.396 e. The van der Waals surface area contributed by atoms with E-state index in [9.17, 15) is 9.90 Å². The lowest BCUT2D eigenvalue weighted by Gasteiger charge is -2.40. The van der Waals surface area contributed by atoms with Gasteiger partial charge in [-0.15, -0.1) is 0 Å². The number of aryl methyl sites for hydroxylation is 1. The van der Waals surface area contributed by atoms with E-state index in [2.05, 4.69) is 32.8 Å². The summed E-state index contributed by atoms with van der Waals surface area (Å²) in [6.45, 7) is 4.12. The molecule has 32 heavy (non-hydrogen) atoms. The highest BCUT2D eigenvalue weighted by Crippen LogP contribution is 2.49. The molecule has 3 saturated heterocycles. The van der Waals surface area contributed by atoms with Crippen molar-refractivity contribution in [3.8, 4) is 11.3 Å². The van der Waals surface area contributed by atoms with Gasteiger partial charge in [0.2, 0.25) is 11.9 Å². The number of rotatable bonds is 3. The van der Waals surface area contributed by atoms with Gasteiger partial charge in [-0.1, -0.05) is 18.2 Å². The lowest BCUT2D eigenvalue weighted by Crippen LogP contribution is -2.55. The van der Waals surface area contributed by atoms with Crippen LogP contribution in [0.25, 0.3) is 22.2 Å². The average Bonchev–Trinajstić information content (AvgIpc) is 3.38. The Morgan fingerprint density at radius 2 is 2.09 bits per heavy atom. The number of amides is 1. The second-order valence-corrected chi connectivity index (χ2v) is 9.37. The molecule has 0 radical (unpaired) electrons. The van der Waals surface area contributed by atoms with Crippen LogP contribution in [0.1, 0.15) is 6.92 Å². The van der Waals surface area contributed by atoms with E-state index in [1.165, 1.54) is 0 Å². The van der Waals surface area contributed by atoms with Gasteiger partial charge in [0.1, 0.15) is 5.60 Å². The summed E-state index contributed by atoms with van der Waals surface area (Å²) in [5, 5.41) is 11.3. The third-order valence-corrected chi connectivity index (χ3v) is 7.55. The molecule has 166 valence electrons. The molecule has 3 fully saturated rings. The number of carbonyl (C=O) groups excluding carboxylic acids is 1. The van der Waals surface area contributed by atoms with Crippen LogP contribution in [-0.4, -0.2) is 74.9 Å². The third kappa shape index (κ3) is 2.79. The molecule has 1 spiro atoms. The molecular formula is C24H27N5O3. The van der Waals surface area contributed by atoms with Crippen molar-refractivity contribution < 1.29 is 14.6 Å². The molecule has 0 saturated carbocycles. The van der Waals surface area contributed by atoms with Crippen molar-refractivity contribution in [3.63, 3.8) is 0 Å². The van der Waals surface area contributed by atoms with Crippen molar-refractivity contribution in [3.05, 3.63) is 42.7 Å². The minimum Gasteiger partial charge on any atom is -0.396 e. The summed E-state index contributed by atoms with van der Waals surface area (Å²) in [6, 6.07) is 10.3. The molecule has 1 amide bonds. The molecule has 8 heteroatoms. The number of hydrogen-bond acceptors (Lipinski definition) is 6. The van der Waals surface area contributed by atoms with Gasteiger partial charge in [-0.25, -0.2) is 9.97 Å². The van der Waals surface area contributed by atoms with Crippen molar-refractivity contribution in [2.24, 2.45) is 18.9 Å². The van der Waals surface area contributed by atoms with Gasteiger partial charge in [0.15, 0.2) is 0 Å². The monoisotopic (exact) mass is 433 g/mol. The fraction of sp³-hybridized carbons (Fsp3) is 0.458. The van der Waals surface area contributed by atoms with Gasteiger partial charge in [0.25, 0.3) is 0 Å². The first-order chi connectivity index (χ1) is 15.5. The highest BCUT2D eigenvalue weighted by molar-refractivity contribution is 5.95. The van der Waals surface area contributed by atoms with E-state index in [4.69, 9.17) is 9.72 Å². The maximum absolute atomic E-state index is 12.1. The van der Waals surface area contributed by atoms with Crippen molar-refractivity contribution in [2.75, 3.05) is 37.7 Å². The quantitative estimate of drug-likeness (QED) is 0.677. The van der Waals surface area contributed by atoms with Crippen molar-refractivity contribution in [2.45, 2.75) is 18.6 Å². The van der Waals surface area contributed by atoms with Crippen molar-refractivity contribution in [1.29, 1.82) is 0 Å². The summed E-state index contributed by atoms with van der Waals surface area (Å²) < 4.78 is 8.58. The Balaban J connectivity index is 1.34. The van der Waals surface area contributed by atoms with Crippen LogP contribution in [0.4, 0.5) is 5.95 Å². The second kappa shape index (κ2) is 7.02. The van der Waals surface area contributed by atoms with Crippen LogP contribution in [0.3, 0.4) is 0 Å². The maximum Gasteiger partial charge on any atom is 0.225 e. The number of para-hydroxylation sites is 1. The highest BCUT2D eigenvalue weighted by atomic mass is 16.5. The smallest absolute Gasteiger partial charge is 0.225 e. The number of aliphatic hydroxyl groups excluding tert-OH is 1. The first kappa shape index (κ1) is 19.7. The number of likely N-dealkylation sites (tertiary alicyclic amines) is 1. The molecule has 2 bridgehead atoms. The topological polar surface area (TPSA) is 83.7 Å². The Morgan fingerprint density at radius 1 is 1.25 bits per heavy atom. The van der Waals surface area contributed by atoms with Gasteiger partial charge in [0.05, 0.1) is 24.9 Å². The van der Waals surface area contributed by atoms with E-state index in [-0.39, 0.29) is 30.5 Å². The molecule has 0 unspecified atom stereocenters. The molecule has 2 aromatic heterocycles. The van der Waals surface area contributed by atoms with Crippen molar-refractivity contribution >= 4 is 22.8 Å². The molecule has 0 aliphatic carbocycles. The summed E-state index contributed by atoms with van der Waals surface area (Å²) in [7, 11) is 2.04. The molecule has 6 rings (SSSR count). The predicted molar refractivity (Wildman–Crippen MR) is 120 cm³/mol. The lowest BCUT2D eigenvalue weighted by atomic mass is 9.83. The van der Waals surface area contributed by atoms with Crippen LogP contribution in [-0.2, 0) is 16.6 Å². The van der Waals surface area contributed by atoms with Crippen molar-refractivity contribution in [1.82, 2.24) is 19.4 Å². The number of fused-ring (bicyclic) bond motifs is 2. The molecule has 3 aromatic rings. The van der Waals surface area contributed by atoms with Crippen LogP contribution in [0.2, 0.25) is 0 Å². The Kier molecular flexibility index (Phi) is 4.32. The van der Waals surface area contributed by atoms with Gasteiger partial charge in [0, 0.05) is 74.4 Å². The lowest BCUT2D eigenvalue weighted by molar-refractivity contribution is -0.149. The summed E-state index contributed by atoms with van der Waals surface area (Å²) in [5.41, 5.74) is 2.65. The first-order valence-electron chi connectivity index (χ1n) is 11.2. The van der Waals surface area contributed by atoms with Crippen LogP contribution in [0, 0.1) is 11.8 Å². The fourth-order valence-electron chi connectivity index (χ4n) is 6.02. The zero-order chi connectivity index (χ0) is 22.0. The number of morpholine rings is 1. The zero-order valence-electron chi connectivity index (χ0n) is 18.3. The SMILES string of the molecule is CC(=O)N1C[C@H]2O[C@]3(C1)CN(c1nccc(-c4cn(C)c5ccccc45)n1)C[C@@H]3[C@@H]2CO. The molecule has 8 nitrogen and oxygen atoms in total. The minimum absolute atomic E-state index is 0.0191. The number of benzene rings is 1. The highest BCUT2D eigenvalue weighted by Gasteiger charge is 2.63. The molecule has 1 aromatic carbocycles. The minimum atomic E-state index is -0.471. The summed E-state index contributed by atoms with van der Waals surface area (Å²) in [4.78, 5) is 25.7.